The average Bonchev–Trinajstić information content (AvgIpc) is 2.15. The first-order valence-electron chi connectivity index (χ1n) is 6.27. The zero-order valence-electron chi connectivity index (χ0n) is 10.9. The fourth-order valence-electron chi connectivity index (χ4n) is 1.80. The molecule has 0 aliphatic rings. The first-order valence-corrected chi connectivity index (χ1v) is 6.27. The average molecular weight is 199 g/mol. The van der Waals surface area contributed by atoms with Crippen LogP contribution in [-0.4, -0.2) is 12.1 Å². The minimum absolute atomic E-state index is 0.652. The van der Waals surface area contributed by atoms with E-state index in [1.54, 1.807) is 0 Å². The molecule has 0 radical (unpaired) electrons. The fourth-order valence-corrected chi connectivity index (χ4v) is 1.80. The van der Waals surface area contributed by atoms with Crippen molar-refractivity contribution in [1.82, 2.24) is 5.32 Å². The predicted octanol–water partition coefficient (Wildman–Crippen LogP) is 3.84. The van der Waals surface area contributed by atoms with E-state index in [4.69, 9.17) is 0 Å². The lowest BCUT2D eigenvalue weighted by molar-refractivity contribution is 0.323. The van der Waals surface area contributed by atoms with Crippen molar-refractivity contribution in [3.05, 3.63) is 0 Å². The van der Waals surface area contributed by atoms with Crippen molar-refractivity contribution >= 4 is 0 Å². The molecule has 0 fully saturated rings. The van der Waals surface area contributed by atoms with Crippen LogP contribution in [0.25, 0.3) is 0 Å². The van der Waals surface area contributed by atoms with Gasteiger partial charge in [-0.05, 0) is 32.1 Å². The number of hydrogen-bond donors (Lipinski definition) is 1. The Bertz CT molecular complexity index is 133. The highest BCUT2D eigenvalue weighted by Crippen LogP contribution is 2.12. The highest BCUT2D eigenvalue weighted by molar-refractivity contribution is 4.73. The summed E-state index contributed by atoms with van der Waals surface area (Å²) in [6, 6.07) is 1.31. The smallest absolute Gasteiger partial charge is 0.00667 e. The maximum Gasteiger partial charge on any atom is 0.00667 e. The topological polar surface area (TPSA) is 12.0 Å². The van der Waals surface area contributed by atoms with E-state index >= 15 is 0 Å². The molecule has 0 heterocycles. The van der Waals surface area contributed by atoms with Crippen LogP contribution in [0.1, 0.15) is 60.8 Å². The lowest BCUT2D eigenvalue weighted by Gasteiger charge is -2.26. The number of hydrogen-bond acceptors (Lipinski definition) is 1. The van der Waals surface area contributed by atoms with E-state index in [1.807, 2.05) is 0 Å². The third kappa shape index (κ3) is 5.64. The van der Waals surface area contributed by atoms with Gasteiger partial charge in [0.1, 0.15) is 0 Å². The summed E-state index contributed by atoms with van der Waals surface area (Å²) in [4.78, 5) is 0. The molecule has 0 aliphatic carbocycles. The zero-order valence-corrected chi connectivity index (χ0v) is 10.9. The summed E-state index contributed by atoms with van der Waals surface area (Å²) in [7, 11) is 0. The van der Waals surface area contributed by atoms with Gasteiger partial charge in [0, 0.05) is 12.1 Å². The van der Waals surface area contributed by atoms with Crippen LogP contribution in [-0.2, 0) is 0 Å². The SMILES string of the molecule is CCC(C)CC(C)NC(C)C(C)CC. The van der Waals surface area contributed by atoms with Gasteiger partial charge in [-0.25, -0.2) is 0 Å². The Morgan fingerprint density at radius 1 is 0.929 bits per heavy atom. The molecule has 0 aromatic heterocycles. The summed E-state index contributed by atoms with van der Waals surface area (Å²) in [5, 5.41) is 3.70. The normalized spacial score (nSPS) is 20.1. The minimum atomic E-state index is 0.652. The van der Waals surface area contributed by atoms with Crippen molar-refractivity contribution in [2.45, 2.75) is 72.9 Å². The maximum absolute atomic E-state index is 3.70. The largest absolute Gasteiger partial charge is 0.312 e. The molecule has 0 aromatic carbocycles. The Morgan fingerprint density at radius 2 is 1.50 bits per heavy atom. The van der Waals surface area contributed by atoms with Crippen molar-refractivity contribution in [2.24, 2.45) is 11.8 Å². The fraction of sp³-hybridized carbons (Fsp3) is 1.00. The quantitative estimate of drug-likeness (QED) is 0.657. The van der Waals surface area contributed by atoms with Crippen LogP contribution < -0.4 is 5.32 Å². The highest BCUT2D eigenvalue weighted by Gasteiger charge is 2.14. The second kappa shape index (κ2) is 7.28. The lowest BCUT2D eigenvalue weighted by Crippen LogP contribution is -2.39. The van der Waals surface area contributed by atoms with Crippen LogP contribution in [0.4, 0.5) is 0 Å². The molecule has 1 N–H and O–H groups in total. The third-order valence-electron chi connectivity index (χ3n) is 3.50. The molecule has 4 atom stereocenters. The van der Waals surface area contributed by atoms with Gasteiger partial charge in [-0.2, -0.15) is 0 Å². The van der Waals surface area contributed by atoms with Gasteiger partial charge >= 0.3 is 0 Å². The first-order chi connectivity index (χ1) is 6.51. The molecule has 0 spiro atoms. The number of nitrogens with one attached hydrogen (secondary N) is 1. The van der Waals surface area contributed by atoms with E-state index in [-0.39, 0.29) is 0 Å². The standard InChI is InChI=1S/C13H29N/c1-7-10(3)9-12(5)14-13(6)11(4)8-2/h10-14H,7-9H2,1-6H3. The summed E-state index contributed by atoms with van der Waals surface area (Å²) in [5.74, 6) is 1.64. The maximum atomic E-state index is 3.70. The molecule has 0 aliphatic heterocycles. The van der Waals surface area contributed by atoms with Crippen LogP contribution in [0.2, 0.25) is 0 Å². The summed E-state index contributed by atoms with van der Waals surface area (Å²) >= 11 is 0. The van der Waals surface area contributed by atoms with Crippen LogP contribution in [0, 0.1) is 11.8 Å². The van der Waals surface area contributed by atoms with Gasteiger partial charge in [-0.3, -0.25) is 0 Å². The highest BCUT2D eigenvalue weighted by atomic mass is 14.9. The molecule has 4 unspecified atom stereocenters. The van der Waals surface area contributed by atoms with E-state index in [0.717, 1.165) is 11.8 Å². The second-order valence-electron chi connectivity index (χ2n) is 4.99. The van der Waals surface area contributed by atoms with Gasteiger partial charge < -0.3 is 5.32 Å². The molecule has 0 saturated carbocycles. The molecule has 0 aromatic rings. The predicted molar refractivity (Wildman–Crippen MR) is 65.6 cm³/mol. The Morgan fingerprint density at radius 3 is 1.93 bits per heavy atom. The Kier molecular flexibility index (Phi) is 7.26. The zero-order chi connectivity index (χ0) is 11.1. The minimum Gasteiger partial charge on any atom is -0.312 e. The van der Waals surface area contributed by atoms with Gasteiger partial charge in [0.2, 0.25) is 0 Å². The summed E-state index contributed by atoms with van der Waals surface area (Å²) < 4.78 is 0. The molecule has 1 nitrogen and oxygen atoms in total. The van der Waals surface area contributed by atoms with Crippen molar-refractivity contribution in [3.63, 3.8) is 0 Å². The molecule has 0 rings (SSSR count). The number of rotatable bonds is 7. The summed E-state index contributed by atoms with van der Waals surface area (Å²) in [6.45, 7) is 13.8. The molecular formula is C13H29N. The first kappa shape index (κ1) is 14.0. The molecule has 86 valence electrons. The molecule has 0 saturated heterocycles. The molecule has 14 heavy (non-hydrogen) atoms. The molecular weight excluding hydrogens is 170 g/mol. The van der Waals surface area contributed by atoms with Gasteiger partial charge in [0.15, 0.2) is 0 Å². The van der Waals surface area contributed by atoms with Crippen molar-refractivity contribution in [3.8, 4) is 0 Å². The Hall–Kier alpha value is -0.0400. The molecule has 0 amide bonds. The van der Waals surface area contributed by atoms with Gasteiger partial charge in [0.25, 0.3) is 0 Å². The third-order valence-corrected chi connectivity index (χ3v) is 3.50. The Labute approximate surface area is 90.7 Å². The van der Waals surface area contributed by atoms with Gasteiger partial charge in [0.05, 0.1) is 0 Å². The van der Waals surface area contributed by atoms with Crippen LogP contribution in [0.15, 0.2) is 0 Å². The molecule has 1 heteroatoms. The van der Waals surface area contributed by atoms with E-state index in [2.05, 4.69) is 46.9 Å². The summed E-state index contributed by atoms with van der Waals surface area (Å²) in [6.07, 6.45) is 3.87. The van der Waals surface area contributed by atoms with E-state index < -0.39 is 0 Å². The van der Waals surface area contributed by atoms with Crippen molar-refractivity contribution in [2.75, 3.05) is 0 Å². The lowest BCUT2D eigenvalue weighted by atomic mass is 9.96. The van der Waals surface area contributed by atoms with Gasteiger partial charge in [-0.1, -0.05) is 40.5 Å². The van der Waals surface area contributed by atoms with Crippen molar-refractivity contribution in [1.29, 1.82) is 0 Å². The summed E-state index contributed by atoms with van der Waals surface area (Å²) in [5.41, 5.74) is 0. The molecule has 0 bridgehead atoms. The van der Waals surface area contributed by atoms with Gasteiger partial charge in [-0.15, -0.1) is 0 Å². The van der Waals surface area contributed by atoms with Crippen LogP contribution in [0.5, 0.6) is 0 Å². The second-order valence-corrected chi connectivity index (χ2v) is 4.99. The van der Waals surface area contributed by atoms with Crippen LogP contribution >= 0.6 is 0 Å². The Balaban J connectivity index is 3.75. The van der Waals surface area contributed by atoms with Crippen molar-refractivity contribution < 1.29 is 0 Å². The van der Waals surface area contributed by atoms with E-state index in [1.165, 1.54) is 19.3 Å². The van der Waals surface area contributed by atoms with Crippen LogP contribution in [0.3, 0.4) is 0 Å². The van der Waals surface area contributed by atoms with E-state index in [9.17, 15) is 0 Å². The monoisotopic (exact) mass is 199 g/mol. The van der Waals surface area contributed by atoms with E-state index in [0.29, 0.717) is 12.1 Å².